The Kier molecular flexibility index (Phi) is 5.23. The van der Waals surface area contributed by atoms with E-state index < -0.39 is 18.1 Å². The molecule has 2 fully saturated rings. The number of hydrogen-bond donors (Lipinski definition) is 3. The molecule has 2 amide bonds. The Morgan fingerprint density at radius 1 is 1.20 bits per heavy atom. The van der Waals surface area contributed by atoms with Gasteiger partial charge < -0.3 is 20.4 Å². The van der Waals surface area contributed by atoms with Gasteiger partial charge in [-0.2, -0.15) is 0 Å². The molecule has 2 atom stereocenters. The first kappa shape index (κ1) is 15.1. The van der Waals surface area contributed by atoms with Gasteiger partial charge in [0.2, 0.25) is 0 Å². The molecule has 114 valence electrons. The van der Waals surface area contributed by atoms with Crippen molar-refractivity contribution in [1.29, 1.82) is 0 Å². The number of aliphatic carboxylic acids is 1. The number of aliphatic hydroxyl groups excluding tert-OH is 1. The van der Waals surface area contributed by atoms with E-state index >= 15 is 0 Å². The Hall–Kier alpha value is -1.30. The monoisotopic (exact) mass is 284 g/mol. The summed E-state index contributed by atoms with van der Waals surface area (Å²) in [6.45, 7) is 0.689. The molecule has 1 unspecified atom stereocenters. The molecule has 1 heterocycles. The molecule has 1 aliphatic heterocycles. The quantitative estimate of drug-likeness (QED) is 0.723. The summed E-state index contributed by atoms with van der Waals surface area (Å²) in [5.41, 5.74) is 0. The highest BCUT2D eigenvalue weighted by Gasteiger charge is 2.38. The maximum absolute atomic E-state index is 12.0. The van der Waals surface area contributed by atoms with E-state index in [4.69, 9.17) is 5.11 Å². The largest absolute Gasteiger partial charge is 0.480 e. The van der Waals surface area contributed by atoms with Gasteiger partial charge in [0.1, 0.15) is 6.04 Å². The van der Waals surface area contributed by atoms with Crippen molar-refractivity contribution in [2.45, 2.75) is 57.1 Å². The number of likely N-dealkylation sites (tertiary alicyclic amines) is 1. The van der Waals surface area contributed by atoms with Crippen LogP contribution < -0.4 is 5.32 Å². The fourth-order valence-electron chi connectivity index (χ4n) is 3.23. The van der Waals surface area contributed by atoms with Crippen LogP contribution in [0.25, 0.3) is 0 Å². The summed E-state index contributed by atoms with van der Waals surface area (Å²) in [7, 11) is 0. The van der Waals surface area contributed by atoms with Gasteiger partial charge in [0.25, 0.3) is 0 Å². The lowest BCUT2D eigenvalue weighted by Gasteiger charge is -2.24. The average Bonchev–Trinajstić information content (AvgIpc) is 2.82. The molecule has 0 aromatic heterocycles. The van der Waals surface area contributed by atoms with Crippen molar-refractivity contribution in [2.75, 3.05) is 13.1 Å². The number of aliphatic hydroxyl groups is 1. The molecular formula is C14H24N2O4. The fraction of sp³-hybridized carbons (Fsp3) is 0.857. The maximum atomic E-state index is 12.0. The van der Waals surface area contributed by atoms with Gasteiger partial charge in [-0.3, -0.25) is 0 Å². The molecular weight excluding hydrogens is 260 g/mol. The van der Waals surface area contributed by atoms with E-state index in [1.54, 1.807) is 0 Å². The second kappa shape index (κ2) is 6.92. The second-order valence-corrected chi connectivity index (χ2v) is 5.92. The summed E-state index contributed by atoms with van der Waals surface area (Å²) in [5.74, 6) is -0.368. The zero-order valence-electron chi connectivity index (χ0n) is 11.8. The molecule has 0 radical (unpaired) electrons. The summed E-state index contributed by atoms with van der Waals surface area (Å²) >= 11 is 0. The van der Waals surface area contributed by atoms with Crippen molar-refractivity contribution >= 4 is 12.0 Å². The number of carbonyl (C=O) groups excluding carboxylic acids is 1. The fourth-order valence-corrected chi connectivity index (χ4v) is 3.23. The van der Waals surface area contributed by atoms with E-state index in [-0.39, 0.29) is 19.0 Å². The van der Waals surface area contributed by atoms with Crippen molar-refractivity contribution < 1.29 is 19.8 Å². The second-order valence-electron chi connectivity index (χ2n) is 5.92. The summed E-state index contributed by atoms with van der Waals surface area (Å²) < 4.78 is 0. The van der Waals surface area contributed by atoms with Crippen LogP contribution in [0, 0.1) is 5.92 Å². The van der Waals surface area contributed by atoms with E-state index in [1.165, 1.54) is 37.0 Å². The van der Waals surface area contributed by atoms with Crippen molar-refractivity contribution in [3.63, 3.8) is 0 Å². The Labute approximate surface area is 119 Å². The van der Waals surface area contributed by atoms with Crippen LogP contribution in [0.5, 0.6) is 0 Å². The highest BCUT2D eigenvalue weighted by Crippen LogP contribution is 2.25. The lowest BCUT2D eigenvalue weighted by atomic mass is 9.87. The minimum Gasteiger partial charge on any atom is -0.480 e. The number of urea groups is 1. The van der Waals surface area contributed by atoms with Gasteiger partial charge in [-0.25, -0.2) is 9.59 Å². The van der Waals surface area contributed by atoms with Crippen LogP contribution in [0.2, 0.25) is 0 Å². The average molecular weight is 284 g/mol. The number of nitrogens with one attached hydrogen (secondary N) is 1. The molecule has 6 nitrogen and oxygen atoms in total. The van der Waals surface area contributed by atoms with Crippen LogP contribution in [0.15, 0.2) is 0 Å². The topological polar surface area (TPSA) is 89.9 Å². The normalized spacial score (nSPS) is 27.6. The molecule has 2 rings (SSSR count). The number of nitrogens with zero attached hydrogens (tertiary/aromatic N) is 1. The number of carboxylic acids is 1. The van der Waals surface area contributed by atoms with Crippen LogP contribution in [0.3, 0.4) is 0 Å². The summed E-state index contributed by atoms with van der Waals surface area (Å²) in [4.78, 5) is 24.3. The van der Waals surface area contributed by atoms with Gasteiger partial charge in [0.15, 0.2) is 0 Å². The highest BCUT2D eigenvalue weighted by molar-refractivity contribution is 5.83. The van der Waals surface area contributed by atoms with Crippen LogP contribution in [0.4, 0.5) is 4.79 Å². The summed E-state index contributed by atoms with van der Waals surface area (Å²) in [5, 5.41) is 21.3. The highest BCUT2D eigenvalue weighted by atomic mass is 16.4. The molecule has 1 saturated carbocycles. The molecule has 2 aliphatic rings. The number of amides is 2. The van der Waals surface area contributed by atoms with E-state index in [1.807, 2.05) is 0 Å². The van der Waals surface area contributed by atoms with Gasteiger partial charge in [0, 0.05) is 19.5 Å². The predicted octanol–water partition coefficient (Wildman–Crippen LogP) is 1.19. The number of hydrogen-bond acceptors (Lipinski definition) is 3. The molecule has 0 bridgehead atoms. The van der Waals surface area contributed by atoms with Gasteiger partial charge >= 0.3 is 12.0 Å². The number of rotatable bonds is 4. The number of β-amino-alcohol motifs (C(OH)–C–C–N with tert-alkyl or cyclic N) is 1. The van der Waals surface area contributed by atoms with E-state index in [0.717, 1.165) is 6.42 Å². The lowest BCUT2D eigenvalue weighted by molar-refractivity contribution is -0.141. The predicted molar refractivity (Wildman–Crippen MR) is 73.3 cm³/mol. The first-order chi connectivity index (χ1) is 9.58. The van der Waals surface area contributed by atoms with E-state index in [2.05, 4.69) is 5.32 Å². The Morgan fingerprint density at radius 2 is 1.90 bits per heavy atom. The Bertz CT molecular complexity index is 355. The molecule has 0 aromatic rings. The molecule has 6 heteroatoms. The number of carboxylic acid groups (broad SMARTS) is 1. The lowest BCUT2D eigenvalue weighted by Crippen LogP contribution is -2.46. The zero-order chi connectivity index (χ0) is 14.5. The first-order valence-electron chi connectivity index (χ1n) is 7.53. The van der Waals surface area contributed by atoms with Gasteiger partial charge in [-0.1, -0.05) is 32.1 Å². The first-order valence-corrected chi connectivity index (χ1v) is 7.53. The van der Waals surface area contributed by atoms with Gasteiger partial charge in [-0.15, -0.1) is 0 Å². The van der Waals surface area contributed by atoms with E-state index in [9.17, 15) is 14.7 Å². The third-order valence-corrected chi connectivity index (χ3v) is 4.38. The standard InChI is InChI=1S/C14H24N2O4/c17-11-8-12(13(18)19)16(9-11)14(20)15-7-6-10-4-2-1-3-5-10/h10-12,17H,1-9H2,(H,15,20)(H,18,19)/t11?,12-/m0/s1. The third kappa shape index (κ3) is 3.85. The minimum atomic E-state index is -1.05. The van der Waals surface area contributed by atoms with Crippen molar-refractivity contribution in [1.82, 2.24) is 10.2 Å². The molecule has 20 heavy (non-hydrogen) atoms. The molecule has 1 aliphatic carbocycles. The van der Waals surface area contributed by atoms with E-state index in [0.29, 0.717) is 12.5 Å². The Balaban J connectivity index is 1.74. The molecule has 1 saturated heterocycles. The smallest absolute Gasteiger partial charge is 0.326 e. The van der Waals surface area contributed by atoms with Gasteiger partial charge in [0.05, 0.1) is 6.10 Å². The van der Waals surface area contributed by atoms with Crippen LogP contribution in [0.1, 0.15) is 44.9 Å². The minimum absolute atomic E-state index is 0.103. The number of carbonyl (C=O) groups is 2. The Morgan fingerprint density at radius 3 is 2.55 bits per heavy atom. The van der Waals surface area contributed by atoms with Crippen molar-refractivity contribution in [3.05, 3.63) is 0 Å². The van der Waals surface area contributed by atoms with Crippen molar-refractivity contribution in [3.8, 4) is 0 Å². The van der Waals surface area contributed by atoms with Crippen LogP contribution in [-0.4, -0.2) is 52.3 Å². The molecule has 3 N–H and O–H groups in total. The SMILES string of the molecule is O=C(O)[C@@H]1CC(O)CN1C(=O)NCCC1CCCCC1. The molecule has 0 spiro atoms. The summed E-state index contributed by atoms with van der Waals surface area (Å²) in [6.07, 6.45) is 6.67. The van der Waals surface area contributed by atoms with Gasteiger partial charge in [-0.05, 0) is 12.3 Å². The molecule has 0 aromatic carbocycles. The summed E-state index contributed by atoms with van der Waals surface area (Å²) in [6, 6.07) is -1.27. The zero-order valence-corrected chi connectivity index (χ0v) is 11.8. The third-order valence-electron chi connectivity index (χ3n) is 4.38. The van der Waals surface area contributed by atoms with Crippen molar-refractivity contribution in [2.24, 2.45) is 5.92 Å². The van der Waals surface area contributed by atoms with Crippen LogP contribution >= 0.6 is 0 Å². The maximum Gasteiger partial charge on any atom is 0.326 e. The van der Waals surface area contributed by atoms with Crippen LogP contribution in [-0.2, 0) is 4.79 Å².